The van der Waals surface area contributed by atoms with Crippen molar-refractivity contribution in [2.45, 2.75) is 0 Å². The summed E-state index contributed by atoms with van der Waals surface area (Å²) in [4.78, 5) is 20.7. The molecule has 0 atom stereocenters. The smallest absolute Gasteiger partial charge is 0.346 e. The van der Waals surface area contributed by atoms with Gasteiger partial charge in [-0.25, -0.2) is 14.8 Å². The van der Waals surface area contributed by atoms with E-state index >= 15 is 0 Å². The van der Waals surface area contributed by atoms with Crippen molar-refractivity contribution in [3.05, 3.63) is 72.1 Å². The number of esters is 1. The van der Waals surface area contributed by atoms with E-state index in [0.717, 1.165) is 5.56 Å². The molecule has 122 valence electrons. The zero-order valence-electron chi connectivity index (χ0n) is 13.3. The Bertz CT molecular complexity index is 932. The molecule has 0 aliphatic heterocycles. The van der Waals surface area contributed by atoms with Crippen LogP contribution in [0.4, 0.5) is 0 Å². The summed E-state index contributed by atoms with van der Waals surface area (Å²) in [6.45, 7) is 0. The molecule has 3 aromatic rings. The van der Waals surface area contributed by atoms with Crippen molar-refractivity contribution < 1.29 is 14.3 Å². The van der Waals surface area contributed by atoms with Gasteiger partial charge in [-0.15, -0.1) is 0 Å². The van der Waals surface area contributed by atoms with Gasteiger partial charge in [0.15, 0.2) is 17.3 Å². The fourth-order valence-electron chi connectivity index (χ4n) is 2.15. The second kappa shape index (κ2) is 7.23. The summed E-state index contributed by atoms with van der Waals surface area (Å²) in [6, 6.07) is 16.0. The van der Waals surface area contributed by atoms with Crippen LogP contribution in [0.15, 0.2) is 60.9 Å². The van der Waals surface area contributed by atoms with Crippen LogP contribution in [0, 0.1) is 11.3 Å². The van der Waals surface area contributed by atoms with Gasteiger partial charge in [0.1, 0.15) is 0 Å². The lowest BCUT2D eigenvalue weighted by atomic mass is 10.2. The van der Waals surface area contributed by atoms with Gasteiger partial charge in [-0.2, -0.15) is 5.26 Å². The molecule has 6 heteroatoms. The molecule has 0 amide bonds. The third kappa shape index (κ3) is 3.62. The predicted octanol–water partition coefficient (Wildman–Crippen LogP) is 3.24. The first-order valence-electron chi connectivity index (χ1n) is 7.39. The first-order valence-corrected chi connectivity index (χ1v) is 7.39. The van der Waals surface area contributed by atoms with E-state index in [-0.39, 0.29) is 11.3 Å². The van der Waals surface area contributed by atoms with Gasteiger partial charge >= 0.3 is 5.97 Å². The van der Waals surface area contributed by atoms with E-state index in [1.165, 1.54) is 31.6 Å². The minimum atomic E-state index is -0.609. The van der Waals surface area contributed by atoms with Crippen molar-refractivity contribution in [2.24, 2.45) is 0 Å². The lowest BCUT2D eigenvalue weighted by molar-refractivity contribution is 0.0729. The highest BCUT2D eigenvalue weighted by Gasteiger charge is 2.14. The summed E-state index contributed by atoms with van der Waals surface area (Å²) in [7, 11) is 1.44. The van der Waals surface area contributed by atoms with Gasteiger partial charge in [0.05, 0.1) is 24.3 Å². The molecule has 3 rings (SSSR count). The number of ether oxygens (including phenoxy) is 2. The Kier molecular flexibility index (Phi) is 4.67. The fourth-order valence-corrected chi connectivity index (χ4v) is 2.15. The monoisotopic (exact) mass is 331 g/mol. The van der Waals surface area contributed by atoms with E-state index in [4.69, 9.17) is 14.7 Å². The standard InChI is InChI=1S/C19H13N3O3/c1-24-17-9-13(10-20)7-8-16(17)25-19(23)15-11-21-18(22-12-15)14-5-3-2-4-6-14/h2-9,11-12H,1H3. The van der Waals surface area contributed by atoms with Gasteiger partial charge in [-0.05, 0) is 12.1 Å². The number of nitriles is 1. The number of rotatable bonds is 4. The molecule has 0 unspecified atom stereocenters. The first kappa shape index (κ1) is 16.1. The maximum atomic E-state index is 12.3. The predicted molar refractivity (Wildman–Crippen MR) is 90.1 cm³/mol. The Morgan fingerprint density at radius 3 is 2.40 bits per heavy atom. The minimum Gasteiger partial charge on any atom is -0.493 e. The Morgan fingerprint density at radius 1 is 1.04 bits per heavy atom. The number of carbonyl (C=O) groups excluding carboxylic acids is 1. The van der Waals surface area contributed by atoms with Gasteiger partial charge in [-0.3, -0.25) is 0 Å². The van der Waals surface area contributed by atoms with Crippen molar-refractivity contribution >= 4 is 5.97 Å². The van der Waals surface area contributed by atoms with Crippen LogP contribution in [-0.2, 0) is 0 Å². The van der Waals surface area contributed by atoms with E-state index in [9.17, 15) is 4.79 Å². The van der Waals surface area contributed by atoms with E-state index in [1.54, 1.807) is 6.07 Å². The van der Waals surface area contributed by atoms with E-state index in [1.807, 2.05) is 36.4 Å². The summed E-state index contributed by atoms with van der Waals surface area (Å²) >= 11 is 0. The molecule has 2 aromatic carbocycles. The van der Waals surface area contributed by atoms with Crippen LogP contribution in [0.3, 0.4) is 0 Å². The number of benzene rings is 2. The molecule has 0 radical (unpaired) electrons. The fraction of sp³-hybridized carbons (Fsp3) is 0.0526. The zero-order valence-corrected chi connectivity index (χ0v) is 13.3. The van der Waals surface area contributed by atoms with Crippen molar-refractivity contribution in [1.29, 1.82) is 5.26 Å². The number of hydrogen-bond donors (Lipinski definition) is 0. The van der Waals surface area contributed by atoms with Gasteiger partial charge in [-0.1, -0.05) is 30.3 Å². The molecule has 1 aromatic heterocycles. The second-order valence-electron chi connectivity index (χ2n) is 5.03. The molecule has 0 aliphatic carbocycles. The Morgan fingerprint density at radius 2 is 1.76 bits per heavy atom. The highest BCUT2D eigenvalue weighted by Crippen LogP contribution is 2.28. The molecule has 1 heterocycles. The lowest BCUT2D eigenvalue weighted by Crippen LogP contribution is -2.10. The zero-order chi connectivity index (χ0) is 17.6. The maximum absolute atomic E-state index is 12.3. The lowest BCUT2D eigenvalue weighted by Gasteiger charge is -2.09. The molecule has 0 saturated heterocycles. The number of carbonyl (C=O) groups is 1. The van der Waals surface area contributed by atoms with Crippen LogP contribution in [0.2, 0.25) is 0 Å². The van der Waals surface area contributed by atoms with Crippen molar-refractivity contribution in [3.63, 3.8) is 0 Å². The van der Waals surface area contributed by atoms with Crippen molar-refractivity contribution in [3.8, 4) is 29.0 Å². The van der Waals surface area contributed by atoms with Gasteiger partial charge in [0.25, 0.3) is 0 Å². The minimum absolute atomic E-state index is 0.214. The number of hydrogen-bond acceptors (Lipinski definition) is 6. The number of aromatic nitrogens is 2. The summed E-state index contributed by atoms with van der Waals surface area (Å²) in [5.74, 6) is 0.434. The van der Waals surface area contributed by atoms with Gasteiger partial charge < -0.3 is 9.47 Å². The molecule has 0 bridgehead atoms. The van der Waals surface area contributed by atoms with E-state index in [0.29, 0.717) is 17.1 Å². The topological polar surface area (TPSA) is 85.1 Å². The molecule has 0 saturated carbocycles. The Labute approximate surface area is 144 Å². The van der Waals surface area contributed by atoms with Crippen molar-refractivity contribution in [2.75, 3.05) is 7.11 Å². The third-order valence-corrected chi connectivity index (χ3v) is 3.41. The molecule has 25 heavy (non-hydrogen) atoms. The number of nitrogens with zero attached hydrogens (tertiary/aromatic N) is 3. The second-order valence-corrected chi connectivity index (χ2v) is 5.03. The molecule has 0 fully saturated rings. The SMILES string of the molecule is COc1cc(C#N)ccc1OC(=O)c1cnc(-c2ccccc2)nc1. The van der Waals surface area contributed by atoms with Crippen LogP contribution >= 0.6 is 0 Å². The molecule has 0 N–H and O–H groups in total. The third-order valence-electron chi connectivity index (χ3n) is 3.41. The quantitative estimate of drug-likeness (QED) is 0.539. The van der Waals surface area contributed by atoms with E-state index in [2.05, 4.69) is 9.97 Å². The van der Waals surface area contributed by atoms with E-state index < -0.39 is 5.97 Å². The maximum Gasteiger partial charge on any atom is 0.346 e. The normalized spacial score (nSPS) is 9.92. The van der Waals surface area contributed by atoms with Crippen LogP contribution < -0.4 is 9.47 Å². The summed E-state index contributed by atoms with van der Waals surface area (Å²) < 4.78 is 10.5. The molecule has 6 nitrogen and oxygen atoms in total. The Hall–Kier alpha value is -3.72. The Balaban J connectivity index is 1.79. The van der Waals surface area contributed by atoms with Gasteiger partial charge in [0, 0.05) is 24.0 Å². The van der Waals surface area contributed by atoms with Crippen LogP contribution in [-0.4, -0.2) is 23.0 Å². The molecular formula is C19H13N3O3. The highest BCUT2D eigenvalue weighted by atomic mass is 16.6. The highest BCUT2D eigenvalue weighted by molar-refractivity contribution is 5.90. The summed E-state index contributed by atoms with van der Waals surface area (Å²) in [5.41, 5.74) is 1.48. The van der Waals surface area contributed by atoms with Crippen LogP contribution in [0.25, 0.3) is 11.4 Å². The summed E-state index contributed by atoms with van der Waals surface area (Å²) in [6.07, 6.45) is 2.82. The largest absolute Gasteiger partial charge is 0.493 e. The average molecular weight is 331 g/mol. The van der Waals surface area contributed by atoms with Crippen LogP contribution in [0.5, 0.6) is 11.5 Å². The summed E-state index contributed by atoms with van der Waals surface area (Å²) in [5, 5.41) is 8.90. The molecule has 0 aliphatic rings. The van der Waals surface area contributed by atoms with Crippen LogP contribution in [0.1, 0.15) is 15.9 Å². The van der Waals surface area contributed by atoms with Crippen molar-refractivity contribution in [1.82, 2.24) is 9.97 Å². The molecule has 0 spiro atoms. The van der Waals surface area contributed by atoms with Gasteiger partial charge in [0.2, 0.25) is 0 Å². The number of methoxy groups -OCH3 is 1. The molecular weight excluding hydrogens is 318 g/mol. The average Bonchev–Trinajstić information content (AvgIpc) is 2.69. The first-order chi connectivity index (χ1) is 12.2.